The molecule has 4 N–H and O–H groups in total. The highest BCUT2D eigenvalue weighted by Gasteiger charge is 2.21. The van der Waals surface area contributed by atoms with Gasteiger partial charge in [-0.3, -0.25) is 4.90 Å². The Morgan fingerprint density at radius 2 is 1.84 bits per heavy atom. The van der Waals surface area contributed by atoms with E-state index in [4.69, 9.17) is 15.9 Å². The second-order valence-corrected chi connectivity index (χ2v) is 7.66. The summed E-state index contributed by atoms with van der Waals surface area (Å²) in [7, 11) is 0. The molecule has 3 aromatic heterocycles. The van der Waals surface area contributed by atoms with Gasteiger partial charge in [0.1, 0.15) is 23.3 Å². The lowest BCUT2D eigenvalue weighted by Crippen LogP contribution is -2.47. The van der Waals surface area contributed by atoms with Gasteiger partial charge in [-0.1, -0.05) is 0 Å². The summed E-state index contributed by atoms with van der Waals surface area (Å²) < 4.78 is 34.0. The van der Waals surface area contributed by atoms with Crippen molar-refractivity contribution in [2.45, 2.75) is 6.42 Å². The molecular weight excluding hydrogens is 418 g/mol. The fourth-order valence-electron chi connectivity index (χ4n) is 3.96. The molecule has 5 rings (SSSR count). The summed E-state index contributed by atoms with van der Waals surface area (Å²) in [5.74, 6) is 0.810. The van der Waals surface area contributed by atoms with Crippen molar-refractivity contribution in [3.63, 3.8) is 0 Å². The lowest BCUT2D eigenvalue weighted by Gasteiger charge is -2.36. The lowest BCUT2D eigenvalue weighted by molar-refractivity contribution is 0.260. The highest BCUT2D eigenvalue weighted by atomic mass is 19.1. The van der Waals surface area contributed by atoms with Gasteiger partial charge in [0, 0.05) is 44.4 Å². The molecule has 4 aromatic rings. The van der Waals surface area contributed by atoms with Gasteiger partial charge in [0.05, 0.1) is 12.0 Å². The van der Waals surface area contributed by atoms with Gasteiger partial charge in [-0.05, 0) is 30.7 Å². The number of halogens is 2. The van der Waals surface area contributed by atoms with Crippen LogP contribution in [0, 0.1) is 11.6 Å². The first-order valence-electron chi connectivity index (χ1n) is 10.3. The van der Waals surface area contributed by atoms with Crippen molar-refractivity contribution in [1.82, 2.24) is 24.5 Å². The molecular formula is C21H22F2N8O. The second kappa shape index (κ2) is 8.08. The summed E-state index contributed by atoms with van der Waals surface area (Å²) in [4.78, 5) is 12.9. The van der Waals surface area contributed by atoms with E-state index in [0.29, 0.717) is 66.3 Å². The van der Waals surface area contributed by atoms with Gasteiger partial charge in [0.15, 0.2) is 5.76 Å². The van der Waals surface area contributed by atoms with Crippen molar-refractivity contribution in [2.75, 3.05) is 49.1 Å². The molecule has 0 saturated carbocycles. The number of anilines is 3. The first kappa shape index (κ1) is 20.2. The third-order valence-corrected chi connectivity index (χ3v) is 5.70. The van der Waals surface area contributed by atoms with Crippen molar-refractivity contribution in [3.05, 3.63) is 53.8 Å². The Morgan fingerprint density at radius 3 is 2.56 bits per heavy atom. The summed E-state index contributed by atoms with van der Waals surface area (Å²) in [6.45, 7) is 3.46. The Hall–Kier alpha value is -3.73. The predicted octanol–water partition coefficient (Wildman–Crippen LogP) is 2.19. The van der Waals surface area contributed by atoms with Crippen LogP contribution in [0.25, 0.3) is 17.4 Å². The van der Waals surface area contributed by atoms with Crippen LogP contribution in [0.2, 0.25) is 0 Å². The van der Waals surface area contributed by atoms with Crippen LogP contribution in [0.5, 0.6) is 0 Å². The molecule has 0 atom stereocenters. The van der Waals surface area contributed by atoms with Crippen LogP contribution in [0.3, 0.4) is 0 Å². The number of nitrogen functional groups attached to an aromatic ring is 2. The molecule has 1 fully saturated rings. The Morgan fingerprint density at radius 1 is 1.03 bits per heavy atom. The average Bonchev–Trinajstić information content (AvgIpc) is 3.44. The van der Waals surface area contributed by atoms with Crippen molar-refractivity contribution in [1.29, 1.82) is 0 Å². The van der Waals surface area contributed by atoms with E-state index in [1.807, 2.05) is 4.90 Å². The van der Waals surface area contributed by atoms with Crippen LogP contribution in [0.15, 0.2) is 41.0 Å². The smallest absolute Gasteiger partial charge is 0.256 e. The lowest BCUT2D eigenvalue weighted by atomic mass is 10.1. The molecule has 1 aliphatic heterocycles. The van der Waals surface area contributed by atoms with Crippen LogP contribution >= 0.6 is 0 Å². The van der Waals surface area contributed by atoms with Crippen LogP contribution in [-0.2, 0) is 6.42 Å². The quantitative estimate of drug-likeness (QED) is 0.485. The zero-order valence-electron chi connectivity index (χ0n) is 17.2. The van der Waals surface area contributed by atoms with Gasteiger partial charge >= 0.3 is 0 Å². The van der Waals surface area contributed by atoms with Gasteiger partial charge in [-0.15, -0.1) is 5.10 Å². The minimum atomic E-state index is -0.575. The molecule has 0 aliphatic carbocycles. The number of fused-ring (bicyclic) bond motifs is 1. The maximum Gasteiger partial charge on any atom is 0.256 e. The minimum Gasteiger partial charge on any atom is -0.461 e. The molecule has 166 valence electrons. The molecule has 11 heteroatoms. The number of piperazine rings is 1. The summed E-state index contributed by atoms with van der Waals surface area (Å²) >= 11 is 0. The van der Waals surface area contributed by atoms with E-state index >= 15 is 0 Å². The Balaban J connectivity index is 1.26. The fourth-order valence-corrected chi connectivity index (χ4v) is 3.96. The largest absolute Gasteiger partial charge is 0.461 e. The van der Waals surface area contributed by atoms with Crippen LogP contribution in [0.4, 0.5) is 26.1 Å². The predicted molar refractivity (Wildman–Crippen MR) is 116 cm³/mol. The SMILES string of the molecule is Nc1nc2nc(-c3ccco3)nn2c(N)c1CCN1CCN(c2ccc(F)cc2F)CC1. The number of nitrogens with zero attached hydrogens (tertiary/aromatic N) is 6. The van der Waals surface area contributed by atoms with Crippen molar-refractivity contribution >= 4 is 23.1 Å². The maximum atomic E-state index is 14.1. The molecule has 0 spiro atoms. The number of hydrogen-bond donors (Lipinski definition) is 2. The van der Waals surface area contributed by atoms with Crippen LogP contribution < -0.4 is 16.4 Å². The van der Waals surface area contributed by atoms with E-state index in [2.05, 4.69) is 20.0 Å². The molecule has 4 heterocycles. The van der Waals surface area contributed by atoms with Crippen molar-refractivity contribution in [3.8, 4) is 11.6 Å². The summed E-state index contributed by atoms with van der Waals surface area (Å²) in [6, 6.07) is 7.19. The molecule has 32 heavy (non-hydrogen) atoms. The Labute approximate surface area is 182 Å². The van der Waals surface area contributed by atoms with Crippen molar-refractivity contribution < 1.29 is 13.2 Å². The van der Waals surface area contributed by atoms with Crippen LogP contribution in [0.1, 0.15) is 5.56 Å². The molecule has 9 nitrogen and oxygen atoms in total. The summed E-state index contributed by atoms with van der Waals surface area (Å²) in [6.07, 6.45) is 2.13. The second-order valence-electron chi connectivity index (χ2n) is 7.66. The van der Waals surface area contributed by atoms with Gasteiger partial charge in [-0.25, -0.2) is 8.78 Å². The maximum absolute atomic E-state index is 14.1. The summed E-state index contributed by atoms with van der Waals surface area (Å²) in [5.41, 5.74) is 13.6. The van der Waals surface area contributed by atoms with E-state index in [1.54, 1.807) is 18.4 Å². The third-order valence-electron chi connectivity index (χ3n) is 5.70. The number of hydrogen-bond acceptors (Lipinski definition) is 8. The Kier molecular flexibility index (Phi) is 5.10. The molecule has 1 saturated heterocycles. The van der Waals surface area contributed by atoms with Gasteiger partial charge < -0.3 is 20.8 Å². The van der Waals surface area contributed by atoms with Gasteiger partial charge in [0.25, 0.3) is 5.78 Å². The molecule has 0 radical (unpaired) electrons. The van der Waals surface area contributed by atoms with E-state index in [-0.39, 0.29) is 0 Å². The number of furan rings is 1. The zero-order chi connectivity index (χ0) is 22.2. The topological polar surface area (TPSA) is 115 Å². The highest BCUT2D eigenvalue weighted by Crippen LogP contribution is 2.24. The normalized spacial score (nSPS) is 15.0. The van der Waals surface area contributed by atoms with Gasteiger partial charge in [0.2, 0.25) is 5.82 Å². The number of aromatic nitrogens is 4. The summed E-state index contributed by atoms with van der Waals surface area (Å²) in [5, 5.41) is 4.40. The molecule has 0 unspecified atom stereocenters. The van der Waals surface area contributed by atoms with E-state index in [9.17, 15) is 8.78 Å². The monoisotopic (exact) mass is 440 g/mol. The average molecular weight is 440 g/mol. The van der Waals surface area contributed by atoms with Crippen molar-refractivity contribution in [2.24, 2.45) is 0 Å². The number of benzene rings is 1. The highest BCUT2D eigenvalue weighted by molar-refractivity contribution is 5.61. The number of rotatable bonds is 5. The molecule has 0 bridgehead atoms. The third kappa shape index (κ3) is 3.71. The van der Waals surface area contributed by atoms with E-state index < -0.39 is 11.6 Å². The fraction of sp³-hybridized carbons (Fsp3) is 0.286. The Bertz CT molecular complexity index is 1250. The first-order valence-corrected chi connectivity index (χ1v) is 10.3. The molecule has 1 aliphatic rings. The minimum absolute atomic E-state index is 0.310. The molecule has 0 amide bonds. The number of nitrogens with two attached hydrogens (primary N) is 2. The first-order chi connectivity index (χ1) is 15.5. The van der Waals surface area contributed by atoms with Gasteiger partial charge in [-0.2, -0.15) is 14.5 Å². The standard InChI is InChI=1S/C21H22F2N8O/c22-13-3-4-16(15(23)12-13)30-9-7-29(8-10-30)6-5-14-18(24)26-21-27-20(17-2-1-11-32-17)28-31(21)19(14)25/h1-4,11-12H,5-10,25H2,(H2,24,26,27,28). The van der Waals surface area contributed by atoms with E-state index in [1.165, 1.54) is 16.6 Å². The zero-order valence-corrected chi connectivity index (χ0v) is 17.2. The van der Waals surface area contributed by atoms with E-state index in [0.717, 1.165) is 19.2 Å². The molecule has 1 aromatic carbocycles. The van der Waals surface area contributed by atoms with Crippen LogP contribution in [-0.4, -0.2) is 57.2 Å².